The molecule has 0 saturated carbocycles. The summed E-state index contributed by atoms with van der Waals surface area (Å²) < 4.78 is 0. The molecule has 0 aliphatic rings. The van der Waals surface area contributed by atoms with E-state index in [0.717, 1.165) is 18.1 Å². The second-order valence-electron chi connectivity index (χ2n) is 3.62. The first kappa shape index (κ1) is 11.1. The van der Waals surface area contributed by atoms with Crippen LogP contribution in [0.1, 0.15) is 30.8 Å². The van der Waals surface area contributed by atoms with Crippen LogP contribution in [0, 0.1) is 11.3 Å². The van der Waals surface area contributed by atoms with Crippen molar-refractivity contribution in [2.45, 2.75) is 19.4 Å². The molecular formula is C12H13N5. The minimum absolute atomic E-state index is 0.102. The van der Waals surface area contributed by atoms with E-state index in [2.05, 4.69) is 27.2 Å². The van der Waals surface area contributed by atoms with Gasteiger partial charge in [0, 0.05) is 18.6 Å². The van der Waals surface area contributed by atoms with Crippen LogP contribution in [-0.2, 0) is 0 Å². The van der Waals surface area contributed by atoms with Crippen molar-refractivity contribution < 1.29 is 0 Å². The first-order chi connectivity index (χ1) is 8.33. The number of anilines is 1. The minimum Gasteiger partial charge on any atom is -0.360 e. The van der Waals surface area contributed by atoms with Crippen LogP contribution >= 0.6 is 0 Å². The molecule has 2 aromatic rings. The topological polar surface area (TPSA) is 77.4 Å². The summed E-state index contributed by atoms with van der Waals surface area (Å²) in [5, 5.41) is 11.9. The molecule has 2 rings (SSSR count). The number of rotatable bonds is 4. The lowest BCUT2D eigenvalue weighted by molar-refractivity contribution is 0.700. The van der Waals surface area contributed by atoms with Gasteiger partial charge in [0.1, 0.15) is 17.7 Å². The van der Waals surface area contributed by atoms with E-state index in [-0.39, 0.29) is 6.04 Å². The molecule has 5 nitrogen and oxygen atoms in total. The number of imidazole rings is 1. The number of H-pyrrole nitrogens is 1. The van der Waals surface area contributed by atoms with E-state index in [1.54, 1.807) is 30.7 Å². The van der Waals surface area contributed by atoms with Gasteiger partial charge in [-0.2, -0.15) is 5.26 Å². The Bertz CT molecular complexity index is 495. The fourth-order valence-corrected chi connectivity index (χ4v) is 1.56. The van der Waals surface area contributed by atoms with E-state index in [4.69, 9.17) is 5.26 Å². The Morgan fingerprint density at radius 3 is 2.88 bits per heavy atom. The van der Waals surface area contributed by atoms with Crippen LogP contribution in [0.15, 0.2) is 30.7 Å². The third kappa shape index (κ3) is 2.61. The molecule has 5 heteroatoms. The van der Waals surface area contributed by atoms with E-state index in [1.807, 2.05) is 6.07 Å². The maximum Gasteiger partial charge on any atom is 0.128 e. The van der Waals surface area contributed by atoms with Crippen LogP contribution in [0.25, 0.3) is 0 Å². The monoisotopic (exact) mass is 227 g/mol. The number of nitrogens with zero attached hydrogens (tertiary/aromatic N) is 3. The number of nitrogens with one attached hydrogen (secondary N) is 2. The Hall–Kier alpha value is -2.35. The van der Waals surface area contributed by atoms with Gasteiger partial charge in [-0.05, 0) is 18.6 Å². The van der Waals surface area contributed by atoms with Crippen molar-refractivity contribution in [3.05, 3.63) is 42.1 Å². The lowest BCUT2D eigenvalue weighted by Crippen LogP contribution is -2.12. The highest BCUT2D eigenvalue weighted by atomic mass is 15.1. The zero-order chi connectivity index (χ0) is 12.1. The van der Waals surface area contributed by atoms with Gasteiger partial charge in [0.05, 0.1) is 11.6 Å². The summed E-state index contributed by atoms with van der Waals surface area (Å²) in [6.07, 6.45) is 5.98. The van der Waals surface area contributed by atoms with Crippen LogP contribution in [-0.4, -0.2) is 15.0 Å². The molecule has 0 spiro atoms. The lowest BCUT2D eigenvalue weighted by Gasteiger charge is -2.14. The van der Waals surface area contributed by atoms with Crippen LogP contribution in [0.5, 0.6) is 0 Å². The Labute approximate surface area is 99.5 Å². The molecule has 0 radical (unpaired) electrons. The predicted molar refractivity (Wildman–Crippen MR) is 64.2 cm³/mol. The Morgan fingerprint density at radius 2 is 2.35 bits per heavy atom. The molecule has 1 atom stereocenters. The summed E-state index contributed by atoms with van der Waals surface area (Å²) in [6, 6.07) is 5.68. The van der Waals surface area contributed by atoms with Gasteiger partial charge in [0.2, 0.25) is 0 Å². The van der Waals surface area contributed by atoms with Crippen molar-refractivity contribution in [3.8, 4) is 6.07 Å². The largest absolute Gasteiger partial charge is 0.360 e. The second kappa shape index (κ2) is 5.12. The summed E-state index contributed by atoms with van der Waals surface area (Å²) in [6.45, 7) is 2.07. The highest BCUT2D eigenvalue weighted by Crippen LogP contribution is 2.17. The third-order valence-electron chi connectivity index (χ3n) is 2.47. The van der Waals surface area contributed by atoms with Crippen LogP contribution in [0.3, 0.4) is 0 Å². The quantitative estimate of drug-likeness (QED) is 0.839. The molecule has 2 heterocycles. The molecule has 1 unspecified atom stereocenters. The van der Waals surface area contributed by atoms with E-state index >= 15 is 0 Å². The number of hydrogen-bond donors (Lipinski definition) is 2. The molecule has 0 fully saturated rings. The van der Waals surface area contributed by atoms with Crippen molar-refractivity contribution in [2.24, 2.45) is 0 Å². The molecule has 2 N–H and O–H groups in total. The predicted octanol–water partition coefficient (Wildman–Crippen LogP) is 2.24. The molecule has 0 amide bonds. The molecule has 0 bridgehead atoms. The normalized spacial score (nSPS) is 11.8. The number of aromatic amines is 1. The van der Waals surface area contributed by atoms with Crippen molar-refractivity contribution in [2.75, 3.05) is 5.32 Å². The molecule has 0 aromatic carbocycles. The van der Waals surface area contributed by atoms with Gasteiger partial charge >= 0.3 is 0 Å². The summed E-state index contributed by atoms with van der Waals surface area (Å²) in [7, 11) is 0. The first-order valence-corrected chi connectivity index (χ1v) is 5.45. The SMILES string of the molecule is CCC(Nc1ccc(C#N)cn1)c1ncc[nH]1. The van der Waals surface area contributed by atoms with Crippen molar-refractivity contribution in [3.63, 3.8) is 0 Å². The molecule has 2 aromatic heterocycles. The number of hydrogen-bond acceptors (Lipinski definition) is 4. The highest BCUT2D eigenvalue weighted by Gasteiger charge is 2.11. The average Bonchev–Trinajstić information content (AvgIpc) is 2.90. The second-order valence-corrected chi connectivity index (χ2v) is 3.62. The summed E-state index contributed by atoms with van der Waals surface area (Å²) in [4.78, 5) is 11.5. The minimum atomic E-state index is 0.102. The van der Waals surface area contributed by atoms with Crippen molar-refractivity contribution in [1.29, 1.82) is 5.26 Å². The molecule has 0 saturated heterocycles. The number of aromatic nitrogens is 3. The van der Waals surface area contributed by atoms with Gasteiger partial charge in [-0.3, -0.25) is 0 Å². The fraction of sp³-hybridized carbons (Fsp3) is 0.250. The smallest absolute Gasteiger partial charge is 0.128 e. The lowest BCUT2D eigenvalue weighted by atomic mass is 10.2. The Morgan fingerprint density at radius 1 is 1.47 bits per heavy atom. The zero-order valence-electron chi connectivity index (χ0n) is 9.51. The van der Waals surface area contributed by atoms with Gasteiger partial charge < -0.3 is 10.3 Å². The Balaban J connectivity index is 2.11. The van der Waals surface area contributed by atoms with Gasteiger partial charge in [0.25, 0.3) is 0 Å². The summed E-state index contributed by atoms with van der Waals surface area (Å²) in [5.74, 6) is 1.63. The molecule has 86 valence electrons. The molecule has 0 aliphatic heterocycles. The zero-order valence-corrected chi connectivity index (χ0v) is 9.51. The van der Waals surface area contributed by atoms with Gasteiger partial charge in [-0.1, -0.05) is 6.92 Å². The van der Waals surface area contributed by atoms with E-state index in [0.29, 0.717) is 5.56 Å². The van der Waals surface area contributed by atoms with Gasteiger partial charge in [-0.25, -0.2) is 9.97 Å². The van der Waals surface area contributed by atoms with E-state index < -0.39 is 0 Å². The van der Waals surface area contributed by atoms with Crippen LogP contribution in [0.4, 0.5) is 5.82 Å². The summed E-state index contributed by atoms with van der Waals surface area (Å²) in [5.41, 5.74) is 0.557. The molecular weight excluding hydrogens is 214 g/mol. The third-order valence-corrected chi connectivity index (χ3v) is 2.47. The van der Waals surface area contributed by atoms with Crippen molar-refractivity contribution in [1.82, 2.24) is 15.0 Å². The molecule has 17 heavy (non-hydrogen) atoms. The number of nitriles is 1. The Kier molecular flexibility index (Phi) is 3.36. The number of pyridine rings is 1. The highest BCUT2D eigenvalue weighted by molar-refractivity contribution is 5.40. The maximum absolute atomic E-state index is 8.68. The van der Waals surface area contributed by atoms with Crippen LogP contribution in [0.2, 0.25) is 0 Å². The standard InChI is InChI=1S/C12H13N5/c1-2-10(12-14-5-6-15-12)17-11-4-3-9(7-13)8-16-11/h3-6,8,10H,2H2,1H3,(H,14,15)(H,16,17). The van der Waals surface area contributed by atoms with E-state index in [9.17, 15) is 0 Å². The first-order valence-electron chi connectivity index (χ1n) is 5.45. The van der Waals surface area contributed by atoms with Gasteiger partial charge in [0.15, 0.2) is 0 Å². The van der Waals surface area contributed by atoms with Gasteiger partial charge in [-0.15, -0.1) is 0 Å². The maximum atomic E-state index is 8.68. The average molecular weight is 227 g/mol. The van der Waals surface area contributed by atoms with Crippen molar-refractivity contribution >= 4 is 5.82 Å². The van der Waals surface area contributed by atoms with E-state index in [1.165, 1.54) is 0 Å². The fourth-order valence-electron chi connectivity index (χ4n) is 1.56. The summed E-state index contributed by atoms with van der Waals surface area (Å²) >= 11 is 0. The molecule has 0 aliphatic carbocycles. The van der Waals surface area contributed by atoms with Crippen LogP contribution < -0.4 is 5.32 Å².